The van der Waals surface area contributed by atoms with Crippen LogP contribution in [0.5, 0.6) is 0 Å². The molecule has 0 saturated heterocycles. The van der Waals surface area contributed by atoms with Crippen molar-refractivity contribution in [2.75, 3.05) is 4.90 Å². The average Bonchev–Trinajstić information content (AvgIpc) is 3.85. The van der Waals surface area contributed by atoms with Crippen LogP contribution in [0.25, 0.3) is 53.6 Å². The summed E-state index contributed by atoms with van der Waals surface area (Å²) in [5, 5.41) is 2.47. The van der Waals surface area contributed by atoms with E-state index in [4.69, 9.17) is 0 Å². The molecule has 2 heteroatoms. The SMILES string of the molecule is [2H]c1c([2H])c(N(c2ccc(-c3cccc4c3sc3ccccc34)cc2)c2cccc3c2-c2ccccc2C3(c2ccccc2)c2ccccc2)c([2H])c([2H])c1-c1ccccc1. The minimum atomic E-state index is -0.672. The zero-order valence-corrected chi connectivity index (χ0v) is 31.7. The monoisotopic (exact) mass is 747 g/mol. The Bertz CT molecular complexity index is 3220. The molecule has 0 spiro atoms. The van der Waals surface area contributed by atoms with Crippen LogP contribution < -0.4 is 4.90 Å². The van der Waals surface area contributed by atoms with Gasteiger partial charge in [0.25, 0.3) is 0 Å². The van der Waals surface area contributed by atoms with E-state index in [0.717, 1.165) is 55.9 Å². The Morgan fingerprint density at radius 3 is 1.72 bits per heavy atom. The third-order valence-electron chi connectivity index (χ3n) is 11.4. The highest BCUT2D eigenvalue weighted by atomic mass is 32.1. The van der Waals surface area contributed by atoms with Gasteiger partial charge in [-0.1, -0.05) is 188 Å². The van der Waals surface area contributed by atoms with Crippen molar-refractivity contribution in [2.45, 2.75) is 5.41 Å². The normalized spacial score (nSPS) is 13.7. The molecule has 1 aromatic heterocycles. The molecule has 0 fully saturated rings. The van der Waals surface area contributed by atoms with E-state index in [1.165, 1.54) is 20.2 Å². The van der Waals surface area contributed by atoms with Gasteiger partial charge in [-0.3, -0.25) is 0 Å². The van der Waals surface area contributed by atoms with Crippen molar-refractivity contribution in [3.05, 3.63) is 247 Å². The maximum Gasteiger partial charge on any atom is 0.0714 e. The first-order chi connectivity index (χ1) is 30.0. The van der Waals surface area contributed by atoms with Crippen molar-refractivity contribution < 1.29 is 5.48 Å². The van der Waals surface area contributed by atoms with E-state index in [0.29, 0.717) is 5.56 Å². The van der Waals surface area contributed by atoms with Gasteiger partial charge in [0.2, 0.25) is 0 Å². The number of hydrogen-bond acceptors (Lipinski definition) is 2. The number of nitrogens with zero attached hydrogens (tertiary/aromatic N) is 1. The Balaban J connectivity index is 1.19. The maximum atomic E-state index is 9.73. The van der Waals surface area contributed by atoms with Crippen molar-refractivity contribution in [3.8, 4) is 33.4 Å². The molecular formula is C55H37NS. The summed E-state index contributed by atoms with van der Waals surface area (Å²) in [6, 6.07) is 68.4. The van der Waals surface area contributed by atoms with Gasteiger partial charge >= 0.3 is 0 Å². The number of fused-ring (bicyclic) bond motifs is 6. The van der Waals surface area contributed by atoms with Gasteiger partial charge in [0.05, 0.1) is 16.6 Å². The molecule has 0 bridgehead atoms. The van der Waals surface area contributed by atoms with Gasteiger partial charge in [-0.15, -0.1) is 11.3 Å². The van der Waals surface area contributed by atoms with Crippen molar-refractivity contribution in [1.29, 1.82) is 0 Å². The highest BCUT2D eigenvalue weighted by Crippen LogP contribution is 2.59. The van der Waals surface area contributed by atoms with Crippen LogP contribution in [0, 0.1) is 0 Å². The van der Waals surface area contributed by atoms with Crippen molar-refractivity contribution in [1.82, 2.24) is 0 Å². The molecule has 0 unspecified atom stereocenters. The number of thiophene rings is 1. The Morgan fingerprint density at radius 1 is 0.404 bits per heavy atom. The van der Waals surface area contributed by atoms with Gasteiger partial charge in [-0.05, 0) is 86.4 Å². The van der Waals surface area contributed by atoms with Gasteiger partial charge in [-0.25, -0.2) is 0 Å². The summed E-state index contributed by atoms with van der Waals surface area (Å²) in [6.07, 6.45) is 0. The number of anilines is 3. The predicted molar refractivity (Wildman–Crippen MR) is 242 cm³/mol. The first-order valence-corrected chi connectivity index (χ1v) is 20.1. The van der Waals surface area contributed by atoms with Gasteiger partial charge in [-0.2, -0.15) is 0 Å². The summed E-state index contributed by atoms with van der Waals surface area (Å²) >= 11 is 1.80. The molecule has 0 amide bonds. The molecular weight excluding hydrogens is 707 g/mol. The summed E-state index contributed by atoms with van der Waals surface area (Å²) in [5.41, 5.74) is 10.6. The highest BCUT2D eigenvalue weighted by Gasteiger charge is 2.47. The van der Waals surface area contributed by atoms with E-state index in [2.05, 4.69) is 170 Å². The third kappa shape index (κ3) is 5.29. The van der Waals surface area contributed by atoms with Gasteiger partial charge in [0.1, 0.15) is 0 Å². The third-order valence-corrected chi connectivity index (χ3v) is 12.7. The fourth-order valence-corrected chi connectivity index (χ4v) is 10.2. The quantitative estimate of drug-likeness (QED) is 0.157. The number of benzene rings is 9. The second-order valence-corrected chi connectivity index (χ2v) is 15.5. The summed E-state index contributed by atoms with van der Waals surface area (Å²) in [5.74, 6) is 0. The van der Waals surface area contributed by atoms with Crippen molar-refractivity contribution in [2.24, 2.45) is 0 Å². The minimum absolute atomic E-state index is 0.0869. The van der Waals surface area contributed by atoms with Crippen LogP contribution in [-0.4, -0.2) is 0 Å². The Kier molecular flexibility index (Phi) is 7.01. The van der Waals surface area contributed by atoms with E-state index in [-0.39, 0.29) is 35.4 Å². The second-order valence-electron chi connectivity index (χ2n) is 14.5. The molecule has 0 N–H and O–H groups in total. The molecule has 57 heavy (non-hydrogen) atoms. The zero-order chi connectivity index (χ0) is 41.2. The summed E-state index contributed by atoms with van der Waals surface area (Å²) in [4.78, 5) is 1.96. The molecule has 11 rings (SSSR count). The standard InChI is InChI=1S/C55H37NS/c1-4-16-38(17-5-1)39-30-34-43(35-31-39)56(44-36-32-40(33-37-44)45-24-14-25-47-46-22-11-13-29-52(46)57-54(45)47)51-28-15-27-50-53(51)48-23-10-12-26-49(48)55(50,41-18-6-2-7-19-41)42-20-8-3-9-21-42/h1-37H/i30D,31D,34D,35D. The van der Waals surface area contributed by atoms with Gasteiger partial charge in [0.15, 0.2) is 0 Å². The lowest BCUT2D eigenvalue weighted by atomic mass is 9.68. The van der Waals surface area contributed by atoms with E-state index < -0.39 is 5.41 Å². The predicted octanol–water partition coefficient (Wildman–Crippen LogP) is 15.2. The highest BCUT2D eigenvalue weighted by molar-refractivity contribution is 7.26. The van der Waals surface area contributed by atoms with Crippen LogP contribution in [0.15, 0.2) is 224 Å². The molecule has 1 heterocycles. The lowest BCUT2D eigenvalue weighted by molar-refractivity contribution is 0.768. The lowest BCUT2D eigenvalue weighted by Gasteiger charge is -2.34. The number of hydrogen-bond donors (Lipinski definition) is 0. The maximum absolute atomic E-state index is 9.73. The van der Waals surface area contributed by atoms with Crippen molar-refractivity contribution in [3.63, 3.8) is 0 Å². The van der Waals surface area contributed by atoms with Crippen LogP contribution in [0.2, 0.25) is 0 Å². The molecule has 10 aromatic rings. The van der Waals surface area contributed by atoms with Crippen LogP contribution >= 0.6 is 11.3 Å². The lowest BCUT2D eigenvalue weighted by Crippen LogP contribution is -2.28. The van der Waals surface area contributed by atoms with Gasteiger partial charge in [0, 0.05) is 37.1 Å². The molecule has 1 nitrogen and oxygen atoms in total. The van der Waals surface area contributed by atoms with E-state index in [1.54, 1.807) is 11.3 Å². The fraction of sp³-hybridized carbons (Fsp3) is 0.0182. The Morgan fingerprint density at radius 2 is 0.982 bits per heavy atom. The summed E-state index contributed by atoms with van der Waals surface area (Å²) < 4.78 is 40.8. The zero-order valence-electron chi connectivity index (χ0n) is 34.9. The van der Waals surface area contributed by atoms with E-state index >= 15 is 0 Å². The molecule has 268 valence electrons. The van der Waals surface area contributed by atoms with Gasteiger partial charge < -0.3 is 4.90 Å². The minimum Gasteiger partial charge on any atom is -0.310 e. The molecule has 1 aliphatic rings. The molecule has 9 aromatic carbocycles. The molecule has 0 aliphatic heterocycles. The molecule has 1 aliphatic carbocycles. The smallest absolute Gasteiger partial charge is 0.0714 e. The van der Waals surface area contributed by atoms with Crippen LogP contribution in [0.3, 0.4) is 0 Å². The largest absolute Gasteiger partial charge is 0.310 e. The first-order valence-electron chi connectivity index (χ1n) is 21.3. The van der Waals surface area contributed by atoms with E-state index in [9.17, 15) is 5.48 Å². The second kappa shape index (κ2) is 13.6. The number of rotatable bonds is 7. The molecule has 0 atom stereocenters. The van der Waals surface area contributed by atoms with E-state index in [1.807, 2.05) is 35.2 Å². The summed E-state index contributed by atoms with van der Waals surface area (Å²) in [6.45, 7) is 0. The first kappa shape index (κ1) is 29.3. The molecule has 0 radical (unpaired) electrons. The Labute approximate surface area is 343 Å². The average molecular weight is 748 g/mol. The van der Waals surface area contributed by atoms with Crippen LogP contribution in [-0.2, 0) is 5.41 Å². The summed E-state index contributed by atoms with van der Waals surface area (Å²) in [7, 11) is 0. The van der Waals surface area contributed by atoms with Crippen molar-refractivity contribution >= 4 is 48.6 Å². The van der Waals surface area contributed by atoms with Crippen LogP contribution in [0.4, 0.5) is 17.1 Å². The molecule has 0 saturated carbocycles. The Hall–Kier alpha value is -7.00. The topological polar surface area (TPSA) is 3.24 Å². The van der Waals surface area contributed by atoms with Crippen LogP contribution in [0.1, 0.15) is 27.7 Å². The fourth-order valence-electron chi connectivity index (χ4n) is 8.98.